The Morgan fingerprint density at radius 1 is 1.03 bits per heavy atom. The maximum Gasteiger partial charge on any atom is 0.113 e. The van der Waals surface area contributed by atoms with Crippen LogP contribution in [0.4, 0.5) is 0 Å². The summed E-state index contributed by atoms with van der Waals surface area (Å²) in [4.78, 5) is 1.14. The van der Waals surface area contributed by atoms with Crippen LogP contribution in [0.3, 0.4) is 0 Å². The Morgan fingerprint density at radius 3 is 2.52 bits per heavy atom. The number of hydrogen-bond acceptors (Lipinski definition) is 7. The van der Waals surface area contributed by atoms with E-state index in [-0.39, 0.29) is 6.61 Å². The summed E-state index contributed by atoms with van der Waals surface area (Å²) in [6.07, 6.45) is -5.57. The van der Waals surface area contributed by atoms with Crippen LogP contribution in [0.15, 0.2) is 42.5 Å². The number of fused-ring (bicyclic) bond motifs is 1. The van der Waals surface area contributed by atoms with Gasteiger partial charge < -0.3 is 29.9 Å². The third-order valence-corrected chi connectivity index (χ3v) is 7.12. The van der Waals surface area contributed by atoms with Crippen molar-refractivity contribution < 1.29 is 29.9 Å². The summed E-state index contributed by atoms with van der Waals surface area (Å²) in [5.74, 6) is 0. The minimum absolute atomic E-state index is 0.229. The minimum Gasteiger partial charge on any atom is -0.394 e. The maximum absolute atomic E-state index is 10.6. The molecule has 1 aliphatic heterocycles. The lowest BCUT2D eigenvalue weighted by Gasteiger charge is -2.41. The predicted octanol–water partition coefficient (Wildman–Crippen LogP) is 2.81. The summed E-state index contributed by atoms with van der Waals surface area (Å²) < 4.78 is 12.3. The molecule has 0 amide bonds. The van der Waals surface area contributed by atoms with Crippen LogP contribution in [0.25, 0.3) is 10.1 Å². The number of hydrogen-bond donors (Lipinski definition) is 4. The van der Waals surface area contributed by atoms with Crippen LogP contribution in [-0.2, 0) is 22.5 Å². The Morgan fingerprint density at radius 2 is 1.81 bits per heavy atom. The SMILES string of the molecule is COCc1cc(Cl)c(Cc2cc3ccccc3s2)cc1[C@@H]1OC(CO)[C@@H](O)[C@H](O)[C@H]1O. The van der Waals surface area contributed by atoms with Gasteiger partial charge in [-0.1, -0.05) is 35.9 Å². The van der Waals surface area contributed by atoms with Gasteiger partial charge in [0.1, 0.15) is 30.5 Å². The molecule has 8 heteroatoms. The molecule has 0 bridgehead atoms. The van der Waals surface area contributed by atoms with E-state index in [1.165, 1.54) is 10.1 Å². The highest BCUT2D eigenvalue weighted by molar-refractivity contribution is 7.19. The summed E-state index contributed by atoms with van der Waals surface area (Å²) in [6.45, 7) is -0.253. The number of rotatable bonds is 6. The fraction of sp³-hybridized carbons (Fsp3) is 0.391. The molecule has 31 heavy (non-hydrogen) atoms. The summed E-state index contributed by atoms with van der Waals surface area (Å²) in [5.41, 5.74) is 2.16. The van der Waals surface area contributed by atoms with E-state index in [1.807, 2.05) is 18.2 Å². The molecular formula is C23H25ClO6S. The molecule has 0 saturated carbocycles. The zero-order chi connectivity index (χ0) is 22.1. The summed E-state index contributed by atoms with van der Waals surface area (Å²) in [6, 6.07) is 13.9. The molecule has 0 aliphatic carbocycles. The van der Waals surface area contributed by atoms with E-state index in [4.69, 9.17) is 21.1 Å². The zero-order valence-electron chi connectivity index (χ0n) is 16.9. The lowest BCUT2D eigenvalue weighted by molar-refractivity contribution is -0.232. The molecule has 5 atom stereocenters. The highest BCUT2D eigenvalue weighted by atomic mass is 35.5. The number of halogens is 1. The molecule has 166 valence electrons. The van der Waals surface area contributed by atoms with Crippen LogP contribution in [-0.4, -0.2) is 58.6 Å². The van der Waals surface area contributed by atoms with Crippen LogP contribution >= 0.6 is 22.9 Å². The van der Waals surface area contributed by atoms with Gasteiger partial charge >= 0.3 is 0 Å². The number of aliphatic hydroxyl groups is 4. The Bertz CT molecular complexity index is 1020. The van der Waals surface area contributed by atoms with Crippen LogP contribution in [0, 0.1) is 0 Å². The molecule has 4 rings (SSSR count). The number of thiophene rings is 1. The monoisotopic (exact) mass is 464 g/mol. The van der Waals surface area contributed by atoms with Gasteiger partial charge in [0.2, 0.25) is 0 Å². The predicted molar refractivity (Wildman–Crippen MR) is 120 cm³/mol. The second-order valence-corrected chi connectivity index (χ2v) is 9.33. The first-order valence-corrected chi connectivity index (χ1v) is 11.2. The molecule has 2 aromatic carbocycles. The third kappa shape index (κ3) is 4.51. The fourth-order valence-electron chi connectivity index (χ4n) is 4.03. The molecule has 3 aromatic rings. The Balaban J connectivity index is 1.72. The molecule has 1 fully saturated rings. The lowest BCUT2D eigenvalue weighted by atomic mass is 9.88. The summed E-state index contributed by atoms with van der Waals surface area (Å²) in [5, 5.41) is 42.3. The first-order valence-electron chi connectivity index (χ1n) is 10.0. The molecule has 1 unspecified atom stereocenters. The van der Waals surface area contributed by atoms with E-state index in [0.29, 0.717) is 22.6 Å². The number of ether oxygens (including phenoxy) is 2. The van der Waals surface area contributed by atoms with E-state index in [9.17, 15) is 20.4 Å². The number of methoxy groups -OCH3 is 1. The molecule has 4 N–H and O–H groups in total. The third-order valence-electron chi connectivity index (χ3n) is 5.65. The first-order chi connectivity index (χ1) is 14.9. The lowest BCUT2D eigenvalue weighted by Crippen LogP contribution is -2.55. The van der Waals surface area contributed by atoms with Gasteiger partial charge in [-0.25, -0.2) is 0 Å². The smallest absolute Gasteiger partial charge is 0.113 e. The van der Waals surface area contributed by atoms with Crippen molar-refractivity contribution in [3.63, 3.8) is 0 Å². The van der Waals surface area contributed by atoms with Crippen molar-refractivity contribution >= 4 is 33.0 Å². The van der Waals surface area contributed by atoms with E-state index in [2.05, 4.69) is 18.2 Å². The van der Waals surface area contributed by atoms with Gasteiger partial charge in [-0.15, -0.1) is 11.3 Å². The Labute approximate surface area is 189 Å². The van der Waals surface area contributed by atoms with Gasteiger partial charge in [-0.05, 0) is 40.3 Å². The standard InChI is InChI=1S/C23H25ClO6S/c1-29-11-14-9-17(24)13(7-15-6-12-4-2-3-5-19(12)31-15)8-16(14)23-22(28)21(27)20(26)18(10-25)30-23/h2-6,8-9,18,20-23,25-28H,7,10-11H2,1H3/t18?,20-,21+,22-,23+/m1/s1. The fourth-order valence-corrected chi connectivity index (χ4v) is 5.37. The first kappa shape index (κ1) is 22.6. The van der Waals surface area contributed by atoms with Crippen molar-refractivity contribution in [2.75, 3.05) is 13.7 Å². The van der Waals surface area contributed by atoms with Gasteiger partial charge in [0.15, 0.2) is 0 Å². The van der Waals surface area contributed by atoms with Gasteiger partial charge in [0, 0.05) is 28.1 Å². The van der Waals surface area contributed by atoms with Crippen LogP contribution in [0.5, 0.6) is 0 Å². The van der Waals surface area contributed by atoms with E-state index >= 15 is 0 Å². The minimum atomic E-state index is -1.45. The van der Waals surface area contributed by atoms with Gasteiger partial charge in [-0.3, -0.25) is 0 Å². The molecular weight excluding hydrogens is 440 g/mol. The second-order valence-electron chi connectivity index (χ2n) is 7.75. The maximum atomic E-state index is 10.6. The van der Waals surface area contributed by atoms with Crippen molar-refractivity contribution in [1.82, 2.24) is 0 Å². The van der Waals surface area contributed by atoms with E-state index in [0.717, 1.165) is 10.4 Å². The molecule has 1 saturated heterocycles. The van der Waals surface area contributed by atoms with Crippen LogP contribution < -0.4 is 0 Å². The van der Waals surface area contributed by atoms with Crippen molar-refractivity contribution in [2.24, 2.45) is 0 Å². The summed E-state index contributed by atoms with van der Waals surface area (Å²) in [7, 11) is 1.55. The van der Waals surface area contributed by atoms with Crippen molar-refractivity contribution in [1.29, 1.82) is 0 Å². The summed E-state index contributed by atoms with van der Waals surface area (Å²) >= 11 is 8.28. The van der Waals surface area contributed by atoms with Gasteiger partial charge in [-0.2, -0.15) is 0 Å². The Hall–Kier alpha value is -1.55. The normalized spacial score (nSPS) is 26.5. The van der Waals surface area contributed by atoms with Crippen molar-refractivity contribution in [2.45, 2.75) is 43.5 Å². The van der Waals surface area contributed by atoms with Crippen molar-refractivity contribution in [3.8, 4) is 0 Å². The largest absolute Gasteiger partial charge is 0.394 e. The quantitative estimate of drug-likeness (QED) is 0.447. The van der Waals surface area contributed by atoms with Crippen LogP contribution in [0.2, 0.25) is 5.02 Å². The van der Waals surface area contributed by atoms with E-state index < -0.39 is 37.1 Å². The highest BCUT2D eigenvalue weighted by Gasteiger charge is 2.44. The van der Waals surface area contributed by atoms with Gasteiger partial charge in [0.05, 0.1) is 13.2 Å². The Kier molecular flexibility index (Phi) is 6.95. The van der Waals surface area contributed by atoms with E-state index in [1.54, 1.807) is 24.5 Å². The number of benzene rings is 2. The average molecular weight is 465 g/mol. The number of aliphatic hydroxyl groups excluding tert-OH is 4. The van der Waals surface area contributed by atoms with Crippen LogP contribution in [0.1, 0.15) is 27.7 Å². The second kappa shape index (κ2) is 9.52. The molecule has 6 nitrogen and oxygen atoms in total. The zero-order valence-corrected chi connectivity index (χ0v) is 18.5. The molecule has 1 aromatic heterocycles. The average Bonchev–Trinajstić information content (AvgIpc) is 3.17. The molecule has 2 heterocycles. The molecule has 1 aliphatic rings. The highest BCUT2D eigenvalue weighted by Crippen LogP contribution is 2.38. The van der Waals surface area contributed by atoms with Crippen molar-refractivity contribution in [3.05, 3.63) is 69.1 Å². The molecule has 0 spiro atoms. The molecule has 0 radical (unpaired) electrons. The van der Waals surface area contributed by atoms with Gasteiger partial charge in [0.25, 0.3) is 0 Å². The topological polar surface area (TPSA) is 99.4 Å².